The molecule has 1 aliphatic rings. The molecule has 0 unspecified atom stereocenters. The number of carboxylic acid groups (broad SMARTS) is 1. The number of hydrogen-bond donors (Lipinski definition) is 2. The lowest BCUT2D eigenvalue weighted by molar-refractivity contribution is -0.152. The molecule has 0 bridgehead atoms. The Balaban J connectivity index is 2.35. The summed E-state index contributed by atoms with van der Waals surface area (Å²) in [7, 11) is 0. The number of benzene rings is 1. The number of nitriles is 1. The summed E-state index contributed by atoms with van der Waals surface area (Å²) in [5.74, 6) is -0.914. The predicted molar refractivity (Wildman–Crippen MR) is 55.7 cm³/mol. The van der Waals surface area contributed by atoms with Crippen molar-refractivity contribution < 1.29 is 15.0 Å². The van der Waals surface area contributed by atoms with Crippen LogP contribution in [0.15, 0.2) is 24.3 Å². The fourth-order valence-electron chi connectivity index (χ4n) is 2.14. The van der Waals surface area contributed by atoms with Gasteiger partial charge in [0.15, 0.2) is 0 Å². The van der Waals surface area contributed by atoms with E-state index >= 15 is 0 Å². The molecule has 0 heterocycles. The van der Waals surface area contributed by atoms with Gasteiger partial charge in [0.25, 0.3) is 0 Å². The molecule has 1 aliphatic carbocycles. The lowest BCUT2D eigenvalue weighted by Crippen LogP contribution is -2.50. The molecule has 1 aromatic rings. The van der Waals surface area contributed by atoms with E-state index in [1.54, 1.807) is 24.3 Å². The maximum Gasteiger partial charge on any atom is 0.314 e. The van der Waals surface area contributed by atoms with Crippen molar-refractivity contribution in [3.05, 3.63) is 35.4 Å². The molecule has 4 heteroatoms. The smallest absolute Gasteiger partial charge is 0.314 e. The van der Waals surface area contributed by atoms with Gasteiger partial charge in [-0.05, 0) is 30.5 Å². The van der Waals surface area contributed by atoms with Crippen molar-refractivity contribution in [3.8, 4) is 6.07 Å². The molecule has 0 spiro atoms. The molecule has 0 amide bonds. The van der Waals surface area contributed by atoms with E-state index in [0.717, 1.165) is 0 Å². The van der Waals surface area contributed by atoms with Gasteiger partial charge in [-0.1, -0.05) is 12.1 Å². The van der Waals surface area contributed by atoms with Crippen LogP contribution in [-0.2, 0) is 10.2 Å². The standard InChI is InChI=1S/C12H11NO3/c13-7-8-1-3-9(4-2-8)12(11(15)16)5-10(14)6-12/h1-4,10,14H,5-6H2,(H,15,16). The first-order chi connectivity index (χ1) is 7.58. The molecule has 0 saturated heterocycles. The maximum atomic E-state index is 11.2. The lowest BCUT2D eigenvalue weighted by atomic mass is 9.62. The molecule has 1 fully saturated rings. The van der Waals surface area contributed by atoms with Gasteiger partial charge >= 0.3 is 5.97 Å². The van der Waals surface area contributed by atoms with E-state index in [9.17, 15) is 15.0 Å². The van der Waals surface area contributed by atoms with Crippen molar-refractivity contribution in [2.24, 2.45) is 0 Å². The largest absolute Gasteiger partial charge is 0.481 e. The third-order valence-electron chi connectivity index (χ3n) is 3.14. The highest BCUT2D eigenvalue weighted by Gasteiger charge is 2.51. The van der Waals surface area contributed by atoms with Crippen molar-refractivity contribution in [2.75, 3.05) is 0 Å². The SMILES string of the molecule is N#Cc1ccc(C2(C(=O)O)CC(O)C2)cc1. The molecule has 0 aromatic heterocycles. The van der Waals surface area contributed by atoms with Crippen molar-refractivity contribution in [2.45, 2.75) is 24.4 Å². The first-order valence-electron chi connectivity index (χ1n) is 5.00. The third-order valence-corrected chi connectivity index (χ3v) is 3.14. The first kappa shape index (κ1) is 10.7. The van der Waals surface area contributed by atoms with Crippen molar-refractivity contribution in [3.63, 3.8) is 0 Å². The highest BCUT2D eigenvalue weighted by atomic mass is 16.4. The summed E-state index contributed by atoms with van der Waals surface area (Å²) < 4.78 is 0. The second-order valence-corrected chi connectivity index (χ2v) is 4.14. The molecule has 0 radical (unpaired) electrons. The molecule has 0 aliphatic heterocycles. The van der Waals surface area contributed by atoms with E-state index < -0.39 is 17.5 Å². The van der Waals surface area contributed by atoms with E-state index in [1.807, 2.05) is 6.07 Å². The number of hydrogen-bond acceptors (Lipinski definition) is 3. The van der Waals surface area contributed by atoms with Crippen LogP contribution in [0, 0.1) is 11.3 Å². The van der Waals surface area contributed by atoms with Crippen molar-refractivity contribution >= 4 is 5.97 Å². The summed E-state index contributed by atoms with van der Waals surface area (Å²) in [6.45, 7) is 0. The lowest BCUT2D eigenvalue weighted by Gasteiger charge is -2.42. The van der Waals surface area contributed by atoms with Crippen molar-refractivity contribution in [1.82, 2.24) is 0 Å². The Bertz CT molecular complexity index is 452. The van der Waals surface area contributed by atoms with E-state index in [1.165, 1.54) is 0 Å². The topological polar surface area (TPSA) is 81.3 Å². The zero-order valence-corrected chi connectivity index (χ0v) is 8.55. The van der Waals surface area contributed by atoms with E-state index in [0.29, 0.717) is 11.1 Å². The summed E-state index contributed by atoms with van der Waals surface area (Å²) in [4.78, 5) is 11.2. The van der Waals surface area contributed by atoms with Crippen LogP contribution in [0.2, 0.25) is 0 Å². The first-order valence-corrected chi connectivity index (χ1v) is 5.00. The Labute approximate surface area is 92.8 Å². The molecule has 82 valence electrons. The predicted octanol–water partition coefficient (Wildman–Crippen LogP) is 1.04. The molecule has 1 saturated carbocycles. The van der Waals surface area contributed by atoms with Crippen LogP contribution in [0.3, 0.4) is 0 Å². The van der Waals surface area contributed by atoms with Gasteiger partial charge in [0, 0.05) is 0 Å². The van der Waals surface area contributed by atoms with Crippen LogP contribution < -0.4 is 0 Å². The summed E-state index contributed by atoms with van der Waals surface area (Å²) in [5.41, 5.74) is 0.196. The van der Waals surface area contributed by atoms with Gasteiger partial charge in [-0.15, -0.1) is 0 Å². The molecule has 0 atom stereocenters. The van der Waals surface area contributed by atoms with Crippen LogP contribution >= 0.6 is 0 Å². The molecule has 2 N–H and O–H groups in total. The van der Waals surface area contributed by atoms with Gasteiger partial charge < -0.3 is 10.2 Å². The van der Waals surface area contributed by atoms with Crippen LogP contribution in [0.1, 0.15) is 24.0 Å². The molecular weight excluding hydrogens is 206 g/mol. The number of rotatable bonds is 2. The third kappa shape index (κ3) is 1.46. The Morgan fingerprint density at radius 2 is 1.94 bits per heavy atom. The number of aliphatic hydroxyl groups is 1. The van der Waals surface area contributed by atoms with Crippen LogP contribution in [0.25, 0.3) is 0 Å². The number of aliphatic hydroxyl groups excluding tert-OH is 1. The van der Waals surface area contributed by atoms with E-state index in [2.05, 4.69) is 0 Å². The molecule has 1 aromatic carbocycles. The Kier molecular flexibility index (Phi) is 2.41. The zero-order valence-electron chi connectivity index (χ0n) is 8.55. The number of nitrogens with zero attached hydrogens (tertiary/aromatic N) is 1. The molecular formula is C12H11NO3. The van der Waals surface area contributed by atoms with Gasteiger partial charge in [0.05, 0.1) is 23.2 Å². The average molecular weight is 217 g/mol. The van der Waals surface area contributed by atoms with Gasteiger partial charge in [-0.2, -0.15) is 5.26 Å². The quantitative estimate of drug-likeness (QED) is 0.775. The van der Waals surface area contributed by atoms with Crippen LogP contribution in [0.5, 0.6) is 0 Å². The Morgan fingerprint density at radius 3 is 2.31 bits per heavy atom. The van der Waals surface area contributed by atoms with Gasteiger partial charge in [0.2, 0.25) is 0 Å². The number of carbonyl (C=O) groups is 1. The van der Waals surface area contributed by atoms with E-state index in [-0.39, 0.29) is 12.8 Å². The van der Waals surface area contributed by atoms with Gasteiger partial charge in [0.1, 0.15) is 0 Å². The number of carboxylic acids is 1. The van der Waals surface area contributed by atoms with Crippen LogP contribution in [-0.4, -0.2) is 22.3 Å². The Morgan fingerprint density at radius 1 is 1.38 bits per heavy atom. The summed E-state index contributed by atoms with van der Waals surface area (Å²) in [6, 6.07) is 8.49. The minimum atomic E-state index is -0.965. The van der Waals surface area contributed by atoms with Gasteiger partial charge in [-0.3, -0.25) is 4.79 Å². The highest BCUT2D eigenvalue weighted by Crippen LogP contribution is 2.44. The fraction of sp³-hybridized carbons (Fsp3) is 0.333. The minimum absolute atomic E-state index is 0.244. The molecule has 4 nitrogen and oxygen atoms in total. The summed E-state index contributed by atoms with van der Waals surface area (Å²) >= 11 is 0. The maximum absolute atomic E-state index is 11.2. The summed E-state index contributed by atoms with van der Waals surface area (Å²) in [6.07, 6.45) is -0.0469. The monoisotopic (exact) mass is 217 g/mol. The fourth-order valence-corrected chi connectivity index (χ4v) is 2.14. The zero-order chi connectivity index (χ0) is 11.8. The van der Waals surface area contributed by atoms with Crippen molar-refractivity contribution in [1.29, 1.82) is 5.26 Å². The molecule has 2 rings (SSSR count). The van der Waals surface area contributed by atoms with E-state index in [4.69, 9.17) is 5.26 Å². The second-order valence-electron chi connectivity index (χ2n) is 4.14. The highest BCUT2D eigenvalue weighted by molar-refractivity contribution is 5.83. The summed E-state index contributed by atoms with van der Waals surface area (Å²) in [5, 5.41) is 27.1. The second kappa shape index (κ2) is 3.62. The normalized spacial score (nSPS) is 27.9. The number of aliphatic carboxylic acids is 1. The van der Waals surface area contributed by atoms with Crippen LogP contribution in [0.4, 0.5) is 0 Å². The average Bonchev–Trinajstić information content (AvgIpc) is 2.24. The Hall–Kier alpha value is -1.86. The minimum Gasteiger partial charge on any atom is -0.481 e. The molecule has 16 heavy (non-hydrogen) atoms. The van der Waals surface area contributed by atoms with Gasteiger partial charge in [-0.25, -0.2) is 0 Å².